The van der Waals surface area contributed by atoms with Gasteiger partial charge in [0, 0.05) is 0 Å². The van der Waals surface area contributed by atoms with Crippen LogP contribution in [0.3, 0.4) is 0 Å². The maximum atomic E-state index is 11.5. The molecule has 1 rings (SSSR count). The van der Waals surface area contributed by atoms with E-state index in [-0.39, 0.29) is 30.2 Å². The maximum Gasteiger partial charge on any atom is 0.317 e. The van der Waals surface area contributed by atoms with Gasteiger partial charge in [-0.05, 0) is 37.5 Å². The summed E-state index contributed by atoms with van der Waals surface area (Å²) < 4.78 is 4.60. The van der Waals surface area contributed by atoms with Crippen molar-refractivity contribution in [1.29, 1.82) is 0 Å². The van der Waals surface area contributed by atoms with Crippen LogP contribution in [0.1, 0.15) is 53.9 Å². The molecule has 0 amide bonds. The number of ether oxygens (including phenoxy) is 1. The molecule has 1 aliphatic rings. The van der Waals surface area contributed by atoms with Crippen LogP contribution in [-0.4, -0.2) is 11.9 Å². The van der Waals surface area contributed by atoms with E-state index in [1.165, 1.54) is 12.0 Å². The quantitative estimate of drug-likeness (QED) is 0.418. The molecule has 1 fully saturated rings. The van der Waals surface area contributed by atoms with Gasteiger partial charge in [0.05, 0.1) is 12.3 Å². The van der Waals surface area contributed by atoms with Gasteiger partial charge in [-0.15, -0.1) is 0 Å². The van der Waals surface area contributed by atoms with E-state index >= 15 is 0 Å². The van der Waals surface area contributed by atoms with Crippen LogP contribution in [0.4, 0.5) is 0 Å². The Kier molecular flexibility index (Phi) is 5.77. The fourth-order valence-corrected chi connectivity index (χ4v) is 2.96. The molecule has 0 N–H and O–H groups in total. The predicted molar refractivity (Wildman–Crippen MR) is 75.4 cm³/mol. The molecule has 0 aromatic rings. The second-order valence-electron chi connectivity index (χ2n) is 6.41. The summed E-state index contributed by atoms with van der Waals surface area (Å²) in [6, 6.07) is 0. The molecule has 0 bridgehead atoms. The number of cyclic esters (lactones) is 2. The molecule has 0 saturated carbocycles. The van der Waals surface area contributed by atoms with Crippen molar-refractivity contribution in [3.63, 3.8) is 0 Å². The van der Waals surface area contributed by atoms with Crippen molar-refractivity contribution >= 4 is 11.9 Å². The topological polar surface area (TPSA) is 43.4 Å². The Labute approximate surface area is 116 Å². The molecule has 3 unspecified atom stereocenters. The van der Waals surface area contributed by atoms with Gasteiger partial charge >= 0.3 is 11.9 Å². The highest BCUT2D eigenvalue weighted by Gasteiger charge is 2.36. The van der Waals surface area contributed by atoms with Gasteiger partial charge in [-0.3, -0.25) is 9.59 Å². The van der Waals surface area contributed by atoms with Crippen LogP contribution in [0.5, 0.6) is 0 Å². The SMILES string of the molecule is C/C(=C\C(C)C1CC(=O)OC1=O)CC(C)CC(C)C. The van der Waals surface area contributed by atoms with Crippen molar-refractivity contribution in [2.75, 3.05) is 0 Å². The number of hydrogen-bond acceptors (Lipinski definition) is 3. The monoisotopic (exact) mass is 266 g/mol. The zero-order chi connectivity index (χ0) is 14.6. The summed E-state index contributed by atoms with van der Waals surface area (Å²) in [7, 11) is 0. The van der Waals surface area contributed by atoms with Gasteiger partial charge < -0.3 is 4.74 Å². The average molecular weight is 266 g/mol. The molecule has 1 saturated heterocycles. The van der Waals surface area contributed by atoms with Crippen molar-refractivity contribution < 1.29 is 14.3 Å². The summed E-state index contributed by atoms with van der Waals surface area (Å²) >= 11 is 0. The van der Waals surface area contributed by atoms with Crippen molar-refractivity contribution in [1.82, 2.24) is 0 Å². The summed E-state index contributed by atoms with van der Waals surface area (Å²) in [5.41, 5.74) is 1.30. The van der Waals surface area contributed by atoms with Crippen molar-refractivity contribution in [3.05, 3.63) is 11.6 Å². The Bertz CT molecular complexity index is 368. The minimum atomic E-state index is -0.388. The van der Waals surface area contributed by atoms with E-state index in [0.717, 1.165) is 6.42 Å². The van der Waals surface area contributed by atoms with E-state index in [2.05, 4.69) is 38.5 Å². The number of carbonyl (C=O) groups excluding carboxylic acids is 2. The van der Waals surface area contributed by atoms with E-state index in [9.17, 15) is 9.59 Å². The first-order chi connectivity index (χ1) is 8.79. The molecule has 0 aliphatic carbocycles. The first-order valence-electron chi connectivity index (χ1n) is 7.21. The normalized spacial score (nSPS) is 23.7. The van der Waals surface area contributed by atoms with Gasteiger partial charge in [-0.2, -0.15) is 0 Å². The Morgan fingerprint density at radius 3 is 2.42 bits per heavy atom. The van der Waals surface area contributed by atoms with Crippen LogP contribution >= 0.6 is 0 Å². The Morgan fingerprint density at radius 1 is 1.32 bits per heavy atom. The van der Waals surface area contributed by atoms with Crippen molar-refractivity contribution in [2.45, 2.75) is 53.9 Å². The van der Waals surface area contributed by atoms with Gasteiger partial charge in [-0.25, -0.2) is 0 Å². The molecular weight excluding hydrogens is 240 g/mol. The predicted octanol–water partition coefficient (Wildman–Crippen LogP) is 3.73. The first kappa shape index (κ1) is 15.9. The first-order valence-corrected chi connectivity index (χ1v) is 7.21. The summed E-state index contributed by atoms with van der Waals surface area (Å²) in [6.45, 7) is 10.8. The lowest BCUT2D eigenvalue weighted by atomic mass is 9.88. The van der Waals surface area contributed by atoms with E-state index in [4.69, 9.17) is 0 Å². The molecule has 1 aliphatic heterocycles. The van der Waals surface area contributed by atoms with E-state index in [0.29, 0.717) is 11.8 Å². The van der Waals surface area contributed by atoms with Crippen LogP contribution in [0.2, 0.25) is 0 Å². The number of hydrogen-bond donors (Lipinski definition) is 0. The molecule has 19 heavy (non-hydrogen) atoms. The third-order valence-corrected chi connectivity index (χ3v) is 3.63. The maximum absolute atomic E-state index is 11.5. The molecule has 108 valence electrons. The van der Waals surface area contributed by atoms with Gasteiger partial charge in [0.1, 0.15) is 0 Å². The lowest BCUT2D eigenvalue weighted by molar-refractivity contribution is -0.153. The third kappa shape index (κ3) is 5.17. The molecule has 0 aromatic heterocycles. The lowest BCUT2D eigenvalue weighted by Crippen LogP contribution is -2.15. The minimum absolute atomic E-state index is 0.0743. The summed E-state index contributed by atoms with van der Waals surface area (Å²) in [5, 5.41) is 0. The third-order valence-electron chi connectivity index (χ3n) is 3.63. The molecule has 3 nitrogen and oxygen atoms in total. The van der Waals surface area contributed by atoms with Gasteiger partial charge in [0.2, 0.25) is 0 Å². The average Bonchev–Trinajstić information content (AvgIpc) is 2.55. The summed E-state index contributed by atoms with van der Waals surface area (Å²) in [5.74, 6) is 0.397. The molecule has 0 aromatic carbocycles. The highest BCUT2D eigenvalue weighted by atomic mass is 16.6. The molecule has 3 atom stereocenters. The Hall–Kier alpha value is -1.12. The van der Waals surface area contributed by atoms with E-state index in [1.807, 2.05) is 6.92 Å². The van der Waals surface area contributed by atoms with Crippen molar-refractivity contribution in [3.8, 4) is 0 Å². The number of esters is 2. The molecule has 0 spiro atoms. The molecule has 0 radical (unpaired) electrons. The Morgan fingerprint density at radius 2 is 1.95 bits per heavy atom. The zero-order valence-electron chi connectivity index (χ0n) is 12.7. The fraction of sp³-hybridized carbons (Fsp3) is 0.750. The Balaban J connectivity index is 2.53. The fourth-order valence-electron chi connectivity index (χ4n) is 2.96. The summed E-state index contributed by atoms with van der Waals surface area (Å²) in [6.07, 6.45) is 4.62. The van der Waals surface area contributed by atoms with E-state index < -0.39 is 0 Å². The highest BCUT2D eigenvalue weighted by Crippen LogP contribution is 2.27. The van der Waals surface area contributed by atoms with E-state index in [1.54, 1.807) is 0 Å². The highest BCUT2D eigenvalue weighted by molar-refractivity contribution is 5.94. The van der Waals surface area contributed by atoms with Crippen LogP contribution in [-0.2, 0) is 14.3 Å². The van der Waals surface area contributed by atoms with Crippen LogP contribution in [0.25, 0.3) is 0 Å². The minimum Gasteiger partial charge on any atom is -0.393 e. The molecular formula is C16H26O3. The largest absolute Gasteiger partial charge is 0.393 e. The zero-order valence-corrected chi connectivity index (χ0v) is 12.7. The second kappa shape index (κ2) is 6.88. The van der Waals surface area contributed by atoms with Crippen molar-refractivity contribution in [2.24, 2.45) is 23.7 Å². The number of allylic oxidation sites excluding steroid dienone is 2. The van der Waals surface area contributed by atoms with Gasteiger partial charge in [0.15, 0.2) is 0 Å². The molecule has 1 heterocycles. The lowest BCUT2D eigenvalue weighted by Gasteiger charge is -2.16. The van der Waals surface area contributed by atoms with Gasteiger partial charge in [-0.1, -0.05) is 39.3 Å². The summed E-state index contributed by atoms with van der Waals surface area (Å²) in [4.78, 5) is 22.6. The van der Waals surface area contributed by atoms with Crippen LogP contribution < -0.4 is 0 Å². The number of rotatable bonds is 6. The van der Waals surface area contributed by atoms with Crippen LogP contribution in [0.15, 0.2) is 11.6 Å². The smallest absolute Gasteiger partial charge is 0.317 e. The number of carbonyl (C=O) groups is 2. The van der Waals surface area contributed by atoms with Gasteiger partial charge in [0.25, 0.3) is 0 Å². The van der Waals surface area contributed by atoms with Crippen LogP contribution in [0, 0.1) is 23.7 Å². The second-order valence-corrected chi connectivity index (χ2v) is 6.41. The molecule has 3 heteroatoms. The standard InChI is InChI=1S/C16H26O3/c1-10(2)6-11(3)7-12(4)8-13(5)14-9-15(17)19-16(14)18/h8,10-11,13-14H,6-7,9H2,1-5H3/b12-8+.